The molecular weight excluding hydrogens is 399 g/mol. The van der Waals surface area contributed by atoms with Crippen molar-refractivity contribution in [1.82, 2.24) is 0 Å². The minimum absolute atomic E-state index is 0.118. The van der Waals surface area contributed by atoms with Crippen LogP contribution in [0.15, 0.2) is 36.4 Å². The topological polar surface area (TPSA) is 81.5 Å². The molecule has 0 heterocycles. The zero-order valence-electron chi connectivity index (χ0n) is 11.9. The van der Waals surface area contributed by atoms with Gasteiger partial charge in [0.15, 0.2) is 5.75 Å². The highest BCUT2D eigenvalue weighted by atomic mass is 127. The largest absolute Gasteiger partial charge is 0.490 e. The number of nitro groups is 1. The Balaban J connectivity index is 2.30. The van der Waals surface area contributed by atoms with Crippen LogP contribution in [0.2, 0.25) is 0 Å². The van der Waals surface area contributed by atoms with E-state index in [-0.39, 0.29) is 17.0 Å². The minimum Gasteiger partial charge on any atom is -0.490 e. The number of anilines is 1. The van der Waals surface area contributed by atoms with Gasteiger partial charge < -0.3 is 10.1 Å². The number of carbonyl (C=O) groups excluding carboxylic acids is 1. The van der Waals surface area contributed by atoms with Crippen LogP contribution in [-0.2, 0) is 0 Å². The van der Waals surface area contributed by atoms with E-state index in [0.29, 0.717) is 5.69 Å². The maximum atomic E-state index is 12.2. The molecule has 0 aliphatic rings. The van der Waals surface area contributed by atoms with E-state index in [1.807, 2.05) is 19.1 Å². The maximum Gasteiger partial charge on any atom is 0.311 e. The maximum absolute atomic E-state index is 12.2. The van der Waals surface area contributed by atoms with E-state index in [1.165, 1.54) is 25.3 Å². The van der Waals surface area contributed by atoms with Crippen molar-refractivity contribution in [3.05, 3.63) is 61.2 Å². The normalized spacial score (nSPS) is 10.1. The quantitative estimate of drug-likeness (QED) is 0.471. The van der Waals surface area contributed by atoms with Crippen LogP contribution in [0.3, 0.4) is 0 Å². The number of methoxy groups -OCH3 is 1. The number of hydrogen-bond acceptors (Lipinski definition) is 4. The molecule has 2 aromatic carbocycles. The van der Waals surface area contributed by atoms with Crippen LogP contribution >= 0.6 is 22.6 Å². The molecule has 1 N–H and O–H groups in total. The third kappa shape index (κ3) is 3.53. The molecule has 0 saturated heterocycles. The summed E-state index contributed by atoms with van der Waals surface area (Å²) >= 11 is 2.19. The summed E-state index contributed by atoms with van der Waals surface area (Å²) in [7, 11) is 1.34. The highest BCUT2D eigenvalue weighted by Gasteiger charge is 2.18. The van der Waals surface area contributed by atoms with E-state index in [1.54, 1.807) is 6.07 Å². The fraction of sp³-hybridized carbons (Fsp3) is 0.133. The third-order valence-electron chi connectivity index (χ3n) is 3.07. The molecule has 0 radical (unpaired) electrons. The fourth-order valence-corrected chi connectivity index (χ4v) is 2.58. The Morgan fingerprint density at radius 2 is 2.00 bits per heavy atom. The molecule has 0 aliphatic heterocycles. The number of aryl methyl sites for hydroxylation is 1. The third-order valence-corrected chi connectivity index (χ3v) is 3.75. The second-order valence-electron chi connectivity index (χ2n) is 4.56. The lowest BCUT2D eigenvalue weighted by molar-refractivity contribution is -0.385. The first-order chi connectivity index (χ1) is 10.4. The molecule has 2 aromatic rings. The van der Waals surface area contributed by atoms with E-state index in [9.17, 15) is 14.9 Å². The Kier molecular flexibility index (Phi) is 4.96. The molecule has 1 amide bonds. The van der Waals surface area contributed by atoms with Crippen LogP contribution in [0, 0.1) is 20.6 Å². The van der Waals surface area contributed by atoms with Gasteiger partial charge in [0.2, 0.25) is 0 Å². The van der Waals surface area contributed by atoms with Gasteiger partial charge in [0.05, 0.1) is 12.0 Å². The van der Waals surface area contributed by atoms with Crippen molar-refractivity contribution in [2.45, 2.75) is 6.92 Å². The van der Waals surface area contributed by atoms with Gasteiger partial charge in [-0.2, -0.15) is 0 Å². The zero-order chi connectivity index (χ0) is 16.3. The van der Waals surface area contributed by atoms with Crippen LogP contribution in [0.5, 0.6) is 5.75 Å². The Morgan fingerprint density at radius 3 is 2.59 bits per heavy atom. The summed E-state index contributed by atoms with van der Waals surface area (Å²) in [4.78, 5) is 22.7. The van der Waals surface area contributed by atoms with Crippen LogP contribution < -0.4 is 10.1 Å². The van der Waals surface area contributed by atoms with E-state index < -0.39 is 10.8 Å². The molecule has 0 atom stereocenters. The standard InChI is InChI=1S/C15H13IN2O4/c1-9-7-11(16)4-5-12(9)17-15(19)10-3-6-14(22-2)13(8-10)18(20)21/h3-8H,1-2H3,(H,17,19). The monoisotopic (exact) mass is 412 g/mol. The van der Waals surface area contributed by atoms with Crippen LogP contribution in [0.1, 0.15) is 15.9 Å². The van der Waals surface area contributed by atoms with Gasteiger partial charge in [-0.05, 0) is 65.4 Å². The SMILES string of the molecule is COc1ccc(C(=O)Nc2ccc(I)cc2C)cc1[N+](=O)[O-]. The number of hydrogen-bond donors (Lipinski definition) is 1. The summed E-state index contributed by atoms with van der Waals surface area (Å²) in [5.74, 6) is -0.290. The molecule has 0 aromatic heterocycles. The average molecular weight is 412 g/mol. The van der Waals surface area contributed by atoms with Gasteiger partial charge in [0.1, 0.15) is 0 Å². The molecule has 0 saturated carbocycles. The van der Waals surface area contributed by atoms with Gasteiger partial charge in [-0.25, -0.2) is 0 Å². The number of halogens is 1. The first-order valence-electron chi connectivity index (χ1n) is 6.32. The lowest BCUT2D eigenvalue weighted by atomic mass is 10.1. The summed E-state index contributed by atoms with van der Waals surface area (Å²) in [6.45, 7) is 1.88. The van der Waals surface area contributed by atoms with Gasteiger partial charge >= 0.3 is 5.69 Å². The highest BCUT2D eigenvalue weighted by Crippen LogP contribution is 2.28. The van der Waals surface area contributed by atoms with E-state index in [2.05, 4.69) is 27.9 Å². The summed E-state index contributed by atoms with van der Waals surface area (Å²) in [5, 5.41) is 13.8. The molecule has 0 bridgehead atoms. The van der Waals surface area contributed by atoms with Crippen molar-refractivity contribution >= 4 is 39.9 Å². The predicted molar refractivity (Wildman–Crippen MR) is 91.5 cm³/mol. The number of nitro benzene ring substituents is 1. The molecule has 0 aliphatic carbocycles. The van der Waals surface area contributed by atoms with Crippen molar-refractivity contribution in [3.8, 4) is 5.75 Å². The molecule has 6 nitrogen and oxygen atoms in total. The average Bonchev–Trinajstić information content (AvgIpc) is 2.49. The second kappa shape index (κ2) is 6.73. The number of nitrogens with zero attached hydrogens (tertiary/aromatic N) is 1. The number of carbonyl (C=O) groups is 1. The molecule has 2 rings (SSSR count). The molecule has 22 heavy (non-hydrogen) atoms. The van der Waals surface area contributed by atoms with Gasteiger partial charge in [-0.1, -0.05) is 0 Å². The lowest BCUT2D eigenvalue weighted by Gasteiger charge is -2.09. The zero-order valence-corrected chi connectivity index (χ0v) is 14.1. The number of amides is 1. The van der Waals surface area contributed by atoms with Crippen LogP contribution in [0.25, 0.3) is 0 Å². The first kappa shape index (κ1) is 16.2. The van der Waals surface area contributed by atoms with Crippen molar-refractivity contribution < 1.29 is 14.5 Å². The minimum atomic E-state index is -0.578. The summed E-state index contributed by atoms with van der Waals surface area (Å²) in [5.41, 5.74) is 1.55. The first-order valence-corrected chi connectivity index (χ1v) is 7.40. The summed E-state index contributed by atoms with van der Waals surface area (Å²) in [6.07, 6.45) is 0. The Labute approximate surface area is 140 Å². The Hall–Kier alpha value is -2.16. The van der Waals surface area contributed by atoms with Crippen molar-refractivity contribution in [2.24, 2.45) is 0 Å². The number of ether oxygens (including phenoxy) is 1. The van der Waals surface area contributed by atoms with Gasteiger partial charge in [-0.3, -0.25) is 14.9 Å². The number of nitrogens with one attached hydrogen (secondary N) is 1. The number of benzene rings is 2. The summed E-state index contributed by atoms with van der Waals surface area (Å²) in [6, 6.07) is 9.71. The van der Waals surface area contributed by atoms with E-state index in [0.717, 1.165) is 9.13 Å². The van der Waals surface area contributed by atoms with E-state index >= 15 is 0 Å². The highest BCUT2D eigenvalue weighted by molar-refractivity contribution is 14.1. The van der Waals surface area contributed by atoms with Crippen molar-refractivity contribution in [3.63, 3.8) is 0 Å². The van der Waals surface area contributed by atoms with Gasteiger partial charge in [0.25, 0.3) is 5.91 Å². The Bertz CT molecular complexity index is 746. The molecule has 114 valence electrons. The van der Waals surface area contributed by atoms with E-state index in [4.69, 9.17) is 4.74 Å². The van der Waals surface area contributed by atoms with Crippen molar-refractivity contribution in [2.75, 3.05) is 12.4 Å². The van der Waals surface area contributed by atoms with Crippen molar-refractivity contribution in [1.29, 1.82) is 0 Å². The molecule has 0 spiro atoms. The van der Waals surface area contributed by atoms with Gasteiger partial charge in [0, 0.05) is 20.9 Å². The molecule has 0 fully saturated rings. The second-order valence-corrected chi connectivity index (χ2v) is 5.80. The Morgan fingerprint density at radius 1 is 1.27 bits per heavy atom. The predicted octanol–water partition coefficient (Wildman–Crippen LogP) is 3.77. The lowest BCUT2D eigenvalue weighted by Crippen LogP contribution is -2.13. The molecular formula is C15H13IN2O4. The smallest absolute Gasteiger partial charge is 0.311 e. The fourth-order valence-electron chi connectivity index (χ4n) is 1.94. The molecule has 7 heteroatoms. The van der Waals surface area contributed by atoms with Crippen LogP contribution in [0.4, 0.5) is 11.4 Å². The van der Waals surface area contributed by atoms with Crippen LogP contribution in [-0.4, -0.2) is 17.9 Å². The molecule has 0 unspecified atom stereocenters. The van der Waals surface area contributed by atoms with Gasteiger partial charge in [-0.15, -0.1) is 0 Å². The summed E-state index contributed by atoms with van der Waals surface area (Å²) < 4.78 is 5.98. The number of rotatable bonds is 4.